The lowest BCUT2D eigenvalue weighted by Crippen LogP contribution is -2.54. The maximum absolute atomic E-state index is 12.9. The molecule has 2 fully saturated rings. The van der Waals surface area contributed by atoms with Crippen molar-refractivity contribution in [1.82, 2.24) is 10.2 Å². The fourth-order valence-electron chi connectivity index (χ4n) is 4.22. The molecule has 28 heavy (non-hydrogen) atoms. The van der Waals surface area contributed by atoms with E-state index in [1.807, 2.05) is 0 Å². The number of carbonyl (C=O) groups excluding carboxylic acids is 4. The van der Waals surface area contributed by atoms with Crippen molar-refractivity contribution in [3.63, 3.8) is 0 Å². The first kappa shape index (κ1) is 18.6. The van der Waals surface area contributed by atoms with E-state index in [1.165, 1.54) is 0 Å². The van der Waals surface area contributed by atoms with E-state index < -0.39 is 23.8 Å². The predicted molar refractivity (Wildman–Crippen MR) is 102 cm³/mol. The zero-order chi connectivity index (χ0) is 20.1. The normalized spacial score (nSPS) is 30.3. The van der Waals surface area contributed by atoms with Gasteiger partial charge < -0.3 is 11.1 Å². The average molecular weight is 384 g/mol. The molecule has 148 valence electrons. The molecule has 0 spiro atoms. The summed E-state index contributed by atoms with van der Waals surface area (Å²) in [4.78, 5) is 50.0. The Balaban J connectivity index is 1.51. The molecule has 3 aliphatic rings. The summed E-state index contributed by atoms with van der Waals surface area (Å²) in [5.74, 6) is -1.96. The Morgan fingerprint density at radius 1 is 1.07 bits per heavy atom. The summed E-state index contributed by atoms with van der Waals surface area (Å²) in [6.07, 6.45) is 4.00. The molecule has 0 bridgehead atoms. The van der Waals surface area contributed by atoms with Gasteiger partial charge in [-0.05, 0) is 57.2 Å². The van der Waals surface area contributed by atoms with E-state index in [9.17, 15) is 19.2 Å². The summed E-state index contributed by atoms with van der Waals surface area (Å²) in [7, 11) is 0. The minimum absolute atomic E-state index is 0.109. The molecule has 1 unspecified atom stereocenters. The van der Waals surface area contributed by atoms with Crippen molar-refractivity contribution in [1.29, 1.82) is 0 Å². The van der Waals surface area contributed by atoms with E-state index in [-0.39, 0.29) is 30.3 Å². The van der Waals surface area contributed by atoms with Crippen LogP contribution in [0.25, 0.3) is 0 Å². The number of rotatable bonds is 3. The Bertz CT molecular complexity index is 869. The molecule has 0 radical (unpaired) electrons. The quantitative estimate of drug-likeness (QED) is 0.673. The molecule has 1 atom stereocenters. The van der Waals surface area contributed by atoms with Gasteiger partial charge in [-0.15, -0.1) is 0 Å². The van der Waals surface area contributed by atoms with Gasteiger partial charge in [0.15, 0.2) is 0 Å². The van der Waals surface area contributed by atoms with Gasteiger partial charge in [-0.3, -0.25) is 29.4 Å². The van der Waals surface area contributed by atoms with Crippen molar-refractivity contribution in [2.75, 3.05) is 5.32 Å². The van der Waals surface area contributed by atoms with Crippen LogP contribution in [0.15, 0.2) is 18.2 Å². The monoisotopic (exact) mass is 384 g/mol. The van der Waals surface area contributed by atoms with Gasteiger partial charge in [0.1, 0.15) is 6.04 Å². The van der Waals surface area contributed by atoms with Gasteiger partial charge in [0.2, 0.25) is 11.8 Å². The number of nitrogens with one attached hydrogen (secondary N) is 2. The largest absolute Gasteiger partial charge is 0.382 e. The summed E-state index contributed by atoms with van der Waals surface area (Å²) in [5.41, 5.74) is 7.41. The number of nitrogens with zero attached hydrogens (tertiary/aromatic N) is 1. The molecular formula is C20H24N4O4. The van der Waals surface area contributed by atoms with E-state index in [2.05, 4.69) is 17.6 Å². The van der Waals surface area contributed by atoms with Gasteiger partial charge in [0.25, 0.3) is 11.8 Å². The maximum atomic E-state index is 12.9. The number of hydrogen-bond donors (Lipinski definition) is 3. The highest BCUT2D eigenvalue weighted by molar-refractivity contribution is 6.23. The van der Waals surface area contributed by atoms with Gasteiger partial charge in [-0.1, -0.05) is 0 Å². The van der Waals surface area contributed by atoms with Crippen LogP contribution in [0, 0.1) is 0 Å². The Hall–Kier alpha value is -2.74. The summed E-state index contributed by atoms with van der Waals surface area (Å²) in [6, 6.07) is 4.42. The fraction of sp³-hybridized carbons (Fsp3) is 0.500. The Morgan fingerprint density at radius 2 is 1.75 bits per heavy atom. The van der Waals surface area contributed by atoms with Crippen LogP contribution in [-0.4, -0.2) is 46.2 Å². The third-order valence-electron chi connectivity index (χ3n) is 5.94. The molecule has 8 nitrogen and oxygen atoms in total. The lowest BCUT2D eigenvalue weighted by molar-refractivity contribution is -0.136. The molecule has 1 aromatic carbocycles. The number of amides is 4. The zero-order valence-corrected chi connectivity index (χ0v) is 15.8. The van der Waals surface area contributed by atoms with Gasteiger partial charge in [-0.2, -0.15) is 0 Å². The maximum Gasteiger partial charge on any atom is 0.262 e. The van der Waals surface area contributed by atoms with Crippen molar-refractivity contribution in [2.45, 2.75) is 63.1 Å². The highest BCUT2D eigenvalue weighted by atomic mass is 16.2. The van der Waals surface area contributed by atoms with E-state index in [0.717, 1.165) is 36.3 Å². The number of anilines is 1. The zero-order valence-electron chi connectivity index (χ0n) is 15.8. The van der Waals surface area contributed by atoms with Crippen LogP contribution < -0.4 is 16.4 Å². The molecule has 8 heteroatoms. The SMILES string of the molecule is CC1(N)CCC(Nc2ccc3c(c2)C(=O)N(C2CCC(=O)NC2=O)C3=O)CC1. The number of imide groups is 2. The standard InChI is InChI=1S/C20H24N4O4/c1-20(21)8-6-11(7-9-20)22-12-2-3-13-14(10-12)19(28)24(18(13)27)15-4-5-16(25)23-17(15)26/h2-3,10-11,15,22H,4-9,21H2,1H3,(H,23,25,26). The molecule has 1 saturated heterocycles. The molecular weight excluding hydrogens is 360 g/mol. The second-order valence-corrected chi connectivity index (χ2v) is 8.28. The van der Waals surface area contributed by atoms with Gasteiger partial charge in [0.05, 0.1) is 11.1 Å². The van der Waals surface area contributed by atoms with Crippen molar-refractivity contribution in [3.05, 3.63) is 29.3 Å². The van der Waals surface area contributed by atoms with Crippen LogP contribution in [0.5, 0.6) is 0 Å². The topological polar surface area (TPSA) is 122 Å². The van der Waals surface area contributed by atoms with Crippen LogP contribution in [0.1, 0.15) is 66.2 Å². The predicted octanol–water partition coefficient (Wildman–Crippen LogP) is 1.16. The molecule has 2 aliphatic heterocycles. The molecule has 4 amide bonds. The fourth-order valence-corrected chi connectivity index (χ4v) is 4.22. The summed E-state index contributed by atoms with van der Waals surface area (Å²) in [5, 5.41) is 5.63. The number of benzene rings is 1. The molecule has 4 N–H and O–H groups in total. The smallest absolute Gasteiger partial charge is 0.262 e. The van der Waals surface area contributed by atoms with Crippen molar-refractivity contribution >= 4 is 29.3 Å². The molecule has 2 heterocycles. The number of hydrogen-bond acceptors (Lipinski definition) is 6. The third kappa shape index (κ3) is 3.28. The van der Waals surface area contributed by atoms with Crippen LogP contribution in [0.4, 0.5) is 5.69 Å². The van der Waals surface area contributed by atoms with Crippen molar-refractivity contribution in [2.24, 2.45) is 5.73 Å². The van der Waals surface area contributed by atoms with E-state index in [0.29, 0.717) is 11.1 Å². The molecule has 0 aromatic heterocycles. The highest BCUT2D eigenvalue weighted by Gasteiger charge is 2.44. The number of nitrogens with two attached hydrogens (primary N) is 1. The molecule has 4 rings (SSSR count). The van der Waals surface area contributed by atoms with Gasteiger partial charge in [-0.25, -0.2) is 0 Å². The first-order valence-electron chi connectivity index (χ1n) is 9.66. The first-order chi connectivity index (χ1) is 13.2. The minimum atomic E-state index is -0.943. The molecule has 1 aromatic rings. The number of piperidine rings is 1. The molecule has 1 saturated carbocycles. The summed E-state index contributed by atoms with van der Waals surface area (Å²) < 4.78 is 0. The van der Waals surface area contributed by atoms with Crippen LogP contribution >= 0.6 is 0 Å². The summed E-state index contributed by atoms with van der Waals surface area (Å²) in [6.45, 7) is 2.06. The van der Waals surface area contributed by atoms with Crippen LogP contribution in [0.3, 0.4) is 0 Å². The van der Waals surface area contributed by atoms with Crippen LogP contribution in [0.2, 0.25) is 0 Å². The Morgan fingerprint density at radius 3 is 2.43 bits per heavy atom. The second kappa shape index (κ2) is 6.70. The van der Waals surface area contributed by atoms with E-state index >= 15 is 0 Å². The van der Waals surface area contributed by atoms with E-state index in [4.69, 9.17) is 5.73 Å². The lowest BCUT2D eigenvalue weighted by Gasteiger charge is -2.35. The van der Waals surface area contributed by atoms with Gasteiger partial charge >= 0.3 is 0 Å². The average Bonchev–Trinajstić information content (AvgIpc) is 2.88. The third-order valence-corrected chi connectivity index (χ3v) is 5.94. The minimum Gasteiger partial charge on any atom is -0.382 e. The van der Waals surface area contributed by atoms with Crippen molar-refractivity contribution < 1.29 is 19.2 Å². The highest BCUT2D eigenvalue weighted by Crippen LogP contribution is 2.32. The van der Waals surface area contributed by atoms with Crippen LogP contribution in [-0.2, 0) is 9.59 Å². The number of carbonyl (C=O) groups is 4. The lowest BCUT2D eigenvalue weighted by atomic mass is 9.81. The molecule has 1 aliphatic carbocycles. The Kier molecular flexibility index (Phi) is 4.45. The van der Waals surface area contributed by atoms with E-state index in [1.54, 1.807) is 18.2 Å². The van der Waals surface area contributed by atoms with Crippen molar-refractivity contribution in [3.8, 4) is 0 Å². The number of fused-ring (bicyclic) bond motifs is 1. The Labute approximate surface area is 162 Å². The first-order valence-corrected chi connectivity index (χ1v) is 9.66. The summed E-state index contributed by atoms with van der Waals surface area (Å²) >= 11 is 0. The van der Waals surface area contributed by atoms with Gasteiger partial charge in [0, 0.05) is 23.7 Å². The second-order valence-electron chi connectivity index (χ2n) is 8.28.